The predicted molar refractivity (Wildman–Crippen MR) is 298 cm³/mol. The quantitative estimate of drug-likeness (QED) is 0.0957. The first-order valence-corrected chi connectivity index (χ1v) is 24.0. The standard InChI is InChI=1S/2C9H7NS.C8H5NS2.2C8H7NS.5C2H6/c2*11-9-6-5-7-3-1-2-4-8(7)10-9;10-7-5-3-1-2-4-6(5)8(11)9-7;2*10-8-7-4-2-1-3-6(7)5-9-8;5*1-2/h2*1-6H,(H,10,11);1-4H,(H,9,10,11);2*1-4H,5H2,(H,9,10);5*1-2H3. The Morgan fingerprint density at radius 2 is 0.619 bits per heavy atom. The monoisotopic (exact) mass is 949 g/mol. The van der Waals surface area contributed by atoms with Gasteiger partial charge >= 0.3 is 0 Å². The summed E-state index contributed by atoms with van der Waals surface area (Å²) in [6.45, 7) is 21.8. The van der Waals surface area contributed by atoms with E-state index in [-0.39, 0.29) is 0 Å². The number of H-pyrrole nitrogens is 2. The van der Waals surface area contributed by atoms with E-state index in [9.17, 15) is 0 Å². The molecule has 7 aromatic rings. The van der Waals surface area contributed by atoms with Crippen molar-refractivity contribution in [2.75, 3.05) is 0 Å². The first-order chi connectivity index (χ1) is 30.8. The molecule has 2 aromatic heterocycles. The zero-order valence-electron chi connectivity index (χ0n) is 38.2. The van der Waals surface area contributed by atoms with Crippen molar-refractivity contribution in [3.05, 3.63) is 188 Å². The number of nitrogens with one attached hydrogen (secondary N) is 5. The van der Waals surface area contributed by atoms with Gasteiger partial charge in [0.2, 0.25) is 0 Å². The van der Waals surface area contributed by atoms with E-state index < -0.39 is 0 Å². The summed E-state index contributed by atoms with van der Waals surface area (Å²) in [6.07, 6.45) is 0. The van der Waals surface area contributed by atoms with Crippen molar-refractivity contribution in [2.45, 2.75) is 82.3 Å². The van der Waals surface area contributed by atoms with Crippen molar-refractivity contribution in [3.63, 3.8) is 0 Å². The number of fused-ring (bicyclic) bond motifs is 5. The molecule has 5 N–H and O–H groups in total. The molecule has 0 spiro atoms. The first kappa shape index (κ1) is 56.1. The van der Waals surface area contributed by atoms with E-state index >= 15 is 0 Å². The Kier molecular flexibility index (Phi) is 29.2. The molecule has 332 valence electrons. The van der Waals surface area contributed by atoms with Gasteiger partial charge in [0.15, 0.2) is 0 Å². The van der Waals surface area contributed by atoms with Gasteiger partial charge in [0.1, 0.15) is 29.2 Å². The lowest BCUT2D eigenvalue weighted by Gasteiger charge is -1.94. The van der Waals surface area contributed by atoms with Crippen molar-refractivity contribution < 1.29 is 0 Å². The minimum Gasteiger partial charge on any atom is -0.372 e. The molecule has 0 unspecified atom stereocenters. The lowest BCUT2D eigenvalue weighted by molar-refractivity contribution is 0.973. The molecule has 5 heterocycles. The predicted octanol–water partition coefficient (Wildman–Crippen LogP) is 15.5. The van der Waals surface area contributed by atoms with Crippen LogP contribution in [0.25, 0.3) is 21.8 Å². The summed E-state index contributed by atoms with van der Waals surface area (Å²) in [7, 11) is 0. The van der Waals surface area contributed by atoms with Crippen LogP contribution in [0.5, 0.6) is 0 Å². The smallest absolute Gasteiger partial charge is 0.112 e. The van der Waals surface area contributed by atoms with Gasteiger partial charge in [0.05, 0.1) is 0 Å². The van der Waals surface area contributed by atoms with Crippen LogP contribution in [0, 0.1) is 9.28 Å². The summed E-state index contributed by atoms with van der Waals surface area (Å²) in [4.78, 5) is 9.46. The van der Waals surface area contributed by atoms with Gasteiger partial charge in [-0.25, -0.2) is 0 Å². The van der Waals surface area contributed by atoms with Gasteiger partial charge < -0.3 is 25.9 Å². The summed E-state index contributed by atoms with van der Waals surface area (Å²) in [5.74, 6) is 0. The van der Waals surface area contributed by atoms with Crippen LogP contribution < -0.4 is 16.0 Å². The van der Waals surface area contributed by atoms with E-state index in [1.54, 1.807) is 0 Å². The highest BCUT2D eigenvalue weighted by Crippen LogP contribution is 2.17. The Morgan fingerprint density at radius 1 is 0.317 bits per heavy atom. The molecule has 3 aliphatic heterocycles. The second-order valence-electron chi connectivity index (χ2n) is 11.8. The number of thiocarbonyl (C=S) groups is 4. The molecule has 5 aromatic carbocycles. The van der Waals surface area contributed by atoms with E-state index in [2.05, 4.69) is 62.3 Å². The Labute approximate surface area is 408 Å². The number of pyridine rings is 2. The fraction of sp³-hybridized carbons (Fsp3) is 0.231. The van der Waals surface area contributed by atoms with Crippen LogP contribution in [-0.2, 0) is 13.1 Å². The topological polar surface area (TPSA) is 67.7 Å². The number of benzene rings is 5. The molecule has 10 rings (SSSR count). The lowest BCUT2D eigenvalue weighted by atomic mass is 10.1. The highest BCUT2D eigenvalue weighted by Gasteiger charge is 2.18. The molecule has 0 aliphatic carbocycles. The van der Waals surface area contributed by atoms with Crippen LogP contribution in [0.2, 0.25) is 0 Å². The minimum absolute atomic E-state index is 0.741. The van der Waals surface area contributed by atoms with Crippen molar-refractivity contribution in [2.24, 2.45) is 0 Å². The van der Waals surface area contributed by atoms with E-state index in [4.69, 9.17) is 73.3 Å². The summed E-state index contributed by atoms with van der Waals surface area (Å²) in [5, 5.41) is 11.6. The molecular weight excluding hydrogens is 887 g/mol. The van der Waals surface area contributed by atoms with Crippen LogP contribution >= 0.6 is 73.3 Å². The third-order valence-electron chi connectivity index (χ3n) is 8.31. The maximum atomic E-state index is 5.06. The summed E-state index contributed by atoms with van der Waals surface area (Å²) < 4.78 is 1.56. The van der Waals surface area contributed by atoms with Crippen LogP contribution in [0.15, 0.2) is 146 Å². The second-order valence-corrected chi connectivity index (χ2v) is 14.3. The maximum absolute atomic E-state index is 5.06. The number of rotatable bonds is 0. The van der Waals surface area contributed by atoms with Crippen LogP contribution in [0.3, 0.4) is 0 Å². The SMILES string of the molecule is CC.CC.CC.CC.CC.S=C1NC(=S)c2ccccc21.S=C1NCc2ccccc21.S=C1NCc2ccccc21.S=c1ccc2ccccc2[nH]1.S=c1ccc2ccccc2[nH]1. The van der Waals surface area contributed by atoms with E-state index in [1.807, 2.05) is 178 Å². The van der Waals surface area contributed by atoms with Gasteiger partial charge in [0.25, 0.3) is 0 Å². The lowest BCUT2D eigenvalue weighted by Crippen LogP contribution is -2.17. The third kappa shape index (κ3) is 18.0. The average molecular weight is 951 g/mol. The molecule has 63 heavy (non-hydrogen) atoms. The zero-order chi connectivity index (χ0) is 47.2. The molecule has 11 heteroatoms. The average Bonchev–Trinajstić information content (AvgIpc) is 4.03. The van der Waals surface area contributed by atoms with Gasteiger partial charge in [-0.3, -0.25) is 0 Å². The number of aromatic nitrogens is 2. The van der Waals surface area contributed by atoms with Gasteiger partial charge in [-0.05, 0) is 58.3 Å². The van der Waals surface area contributed by atoms with Gasteiger partial charge in [-0.2, -0.15) is 0 Å². The van der Waals surface area contributed by atoms with E-state index in [0.717, 1.165) is 64.5 Å². The first-order valence-electron chi connectivity index (χ1n) is 21.6. The summed E-state index contributed by atoms with van der Waals surface area (Å²) in [5.41, 5.74) is 9.30. The maximum Gasteiger partial charge on any atom is 0.112 e. The fourth-order valence-electron chi connectivity index (χ4n) is 5.64. The van der Waals surface area contributed by atoms with Crippen LogP contribution in [0.1, 0.15) is 103 Å². The molecular formula is C52H63N5S6. The van der Waals surface area contributed by atoms with Crippen LogP contribution in [0.4, 0.5) is 0 Å². The highest BCUT2D eigenvalue weighted by atomic mass is 32.1. The molecule has 5 nitrogen and oxygen atoms in total. The number of hydrogen-bond donors (Lipinski definition) is 5. The van der Waals surface area contributed by atoms with Crippen molar-refractivity contribution in [3.8, 4) is 0 Å². The highest BCUT2D eigenvalue weighted by molar-refractivity contribution is 7.83. The molecule has 0 radical (unpaired) electrons. The number of hydrogen-bond acceptors (Lipinski definition) is 6. The van der Waals surface area contributed by atoms with Gasteiger partial charge in [-0.15, -0.1) is 0 Å². The van der Waals surface area contributed by atoms with Crippen LogP contribution in [-0.4, -0.2) is 29.9 Å². The minimum atomic E-state index is 0.741. The van der Waals surface area contributed by atoms with Crippen molar-refractivity contribution in [1.29, 1.82) is 0 Å². The van der Waals surface area contributed by atoms with Gasteiger partial charge in [0, 0.05) is 46.4 Å². The Morgan fingerprint density at radius 3 is 0.968 bits per heavy atom. The molecule has 0 bridgehead atoms. The van der Waals surface area contributed by atoms with E-state index in [1.165, 1.54) is 33.0 Å². The molecule has 0 amide bonds. The number of aromatic amines is 2. The summed E-state index contributed by atoms with van der Waals surface area (Å²) in [6, 6.07) is 48.3. The normalized spacial score (nSPS) is 11.2. The molecule has 0 saturated carbocycles. The third-order valence-corrected chi connectivity index (χ3v) is 10.2. The second kappa shape index (κ2) is 32.7. The number of para-hydroxylation sites is 2. The zero-order valence-corrected chi connectivity index (χ0v) is 43.1. The molecule has 3 aliphatic rings. The van der Waals surface area contributed by atoms with Crippen molar-refractivity contribution in [1.82, 2.24) is 25.9 Å². The Balaban J connectivity index is 0.000000375. The molecule has 0 saturated heterocycles. The molecule has 0 fully saturated rings. The van der Waals surface area contributed by atoms with E-state index in [0.29, 0.717) is 0 Å². The summed E-state index contributed by atoms with van der Waals surface area (Å²) >= 11 is 30.2. The van der Waals surface area contributed by atoms with Crippen molar-refractivity contribution >= 4 is 115 Å². The Bertz CT molecular complexity index is 2420. The Hall–Kier alpha value is -4.88. The van der Waals surface area contributed by atoms with Gasteiger partial charge in [-0.1, -0.05) is 252 Å². The fourth-order valence-corrected chi connectivity index (χ4v) is 7.17. The largest absolute Gasteiger partial charge is 0.372 e. The molecule has 0 atom stereocenters.